The van der Waals surface area contributed by atoms with Gasteiger partial charge in [0.1, 0.15) is 5.75 Å². The number of halogens is 1. The van der Waals surface area contributed by atoms with Crippen molar-refractivity contribution in [2.75, 3.05) is 45.3 Å². The van der Waals surface area contributed by atoms with Gasteiger partial charge in [0.05, 0.1) is 28.8 Å². The molecule has 10 heteroatoms. The quantitative estimate of drug-likeness (QED) is 0.448. The number of nitrogens with zero attached hydrogens (tertiary/aromatic N) is 2. The molecule has 1 N–H and O–H groups in total. The van der Waals surface area contributed by atoms with E-state index in [0.29, 0.717) is 37.3 Å². The summed E-state index contributed by atoms with van der Waals surface area (Å²) in [6.45, 7) is 5.87. The molecule has 232 valence electrons. The number of sulfonamides is 1. The van der Waals surface area contributed by atoms with Crippen molar-refractivity contribution in [3.05, 3.63) is 64.7 Å². The van der Waals surface area contributed by atoms with Gasteiger partial charge in [-0.15, -0.1) is 0 Å². The van der Waals surface area contributed by atoms with E-state index in [4.69, 9.17) is 21.1 Å². The highest BCUT2D eigenvalue weighted by atomic mass is 35.5. The van der Waals surface area contributed by atoms with Crippen LogP contribution in [0.1, 0.15) is 50.7 Å². The summed E-state index contributed by atoms with van der Waals surface area (Å²) >= 11 is 6.41. The molecule has 2 aliphatic carbocycles. The van der Waals surface area contributed by atoms with Gasteiger partial charge in [-0.05, 0) is 106 Å². The Balaban J connectivity index is 1.45. The molecule has 2 bridgehead atoms. The molecule has 2 aromatic carbocycles. The van der Waals surface area contributed by atoms with Crippen molar-refractivity contribution in [1.82, 2.24) is 9.62 Å². The molecule has 6 rings (SSSR count). The number of amides is 1. The normalized spacial score (nSPS) is 31.0. The van der Waals surface area contributed by atoms with Crippen LogP contribution in [-0.2, 0) is 31.4 Å². The SMILES string of the molecule is CO[C@@H]1/C=C/CN(C)C(C)(C)C(=O)NS(=O)(=O)c2ccc3c(c2)N(C[C@@H]2CC[C@H]21)C[C@@]1(CCCc2cc(Cl)ccc21)CO3. The second kappa shape index (κ2) is 11.4. The maximum Gasteiger partial charge on any atom is 0.264 e. The predicted molar refractivity (Wildman–Crippen MR) is 168 cm³/mol. The van der Waals surface area contributed by atoms with Crippen molar-refractivity contribution in [1.29, 1.82) is 0 Å². The van der Waals surface area contributed by atoms with E-state index in [2.05, 4.69) is 27.8 Å². The van der Waals surface area contributed by atoms with E-state index in [1.54, 1.807) is 33.1 Å². The molecule has 0 aromatic heterocycles. The number of anilines is 1. The Kier molecular flexibility index (Phi) is 8.07. The average molecular weight is 628 g/mol. The Morgan fingerprint density at radius 2 is 1.95 bits per heavy atom. The van der Waals surface area contributed by atoms with Gasteiger partial charge >= 0.3 is 0 Å². The van der Waals surface area contributed by atoms with Gasteiger partial charge in [-0.1, -0.05) is 29.8 Å². The first-order chi connectivity index (χ1) is 20.4. The molecule has 1 fully saturated rings. The van der Waals surface area contributed by atoms with E-state index in [1.165, 1.54) is 17.2 Å². The van der Waals surface area contributed by atoms with E-state index in [-0.39, 0.29) is 16.4 Å². The van der Waals surface area contributed by atoms with Crippen LogP contribution >= 0.6 is 11.6 Å². The second-order valence-electron chi connectivity index (χ2n) is 13.2. The molecule has 0 unspecified atom stereocenters. The molecule has 4 aliphatic rings. The summed E-state index contributed by atoms with van der Waals surface area (Å²) < 4.78 is 42.1. The van der Waals surface area contributed by atoms with Gasteiger partial charge in [0, 0.05) is 37.2 Å². The number of fused-ring (bicyclic) bond motifs is 4. The van der Waals surface area contributed by atoms with Crippen molar-refractivity contribution in [2.24, 2.45) is 11.8 Å². The Labute approximate surface area is 260 Å². The van der Waals surface area contributed by atoms with Crippen molar-refractivity contribution in [3.63, 3.8) is 0 Å². The number of likely N-dealkylation sites (N-methyl/N-ethyl adjacent to an activating group) is 1. The maximum absolute atomic E-state index is 13.6. The van der Waals surface area contributed by atoms with Crippen LogP contribution in [0.4, 0.5) is 5.69 Å². The number of carbonyl (C=O) groups is 1. The predicted octanol–water partition coefficient (Wildman–Crippen LogP) is 4.94. The Bertz CT molecular complexity index is 1540. The van der Waals surface area contributed by atoms with Crippen LogP contribution in [0.5, 0.6) is 5.75 Å². The highest BCUT2D eigenvalue weighted by Crippen LogP contribution is 2.47. The average Bonchev–Trinajstić information content (AvgIpc) is 3.10. The molecule has 2 aliphatic heterocycles. The summed E-state index contributed by atoms with van der Waals surface area (Å²) in [4.78, 5) is 17.6. The highest BCUT2D eigenvalue weighted by Gasteiger charge is 2.45. The third-order valence-electron chi connectivity index (χ3n) is 10.4. The number of hydrogen-bond acceptors (Lipinski definition) is 7. The first-order valence-corrected chi connectivity index (χ1v) is 17.1. The van der Waals surface area contributed by atoms with Crippen molar-refractivity contribution >= 4 is 33.2 Å². The third kappa shape index (κ3) is 5.58. The van der Waals surface area contributed by atoms with Gasteiger partial charge in [-0.3, -0.25) is 9.69 Å². The van der Waals surface area contributed by atoms with Crippen LogP contribution in [0.2, 0.25) is 5.02 Å². The summed E-state index contributed by atoms with van der Waals surface area (Å²) in [7, 11) is -0.560. The van der Waals surface area contributed by atoms with Gasteiger partial charge < -0.3 is 14.4 Å². The molecule has 1 saturated carbocycles. The zero-order valence-electron chi connectivity index (χ0n) is 25.4. The lowest BCUT2D eigenvalue weighted by Gasteiger charge is -2.46. The number of nitrogens with one attached hydrogen (secondary N) is 1. The van der Waals surface area contributed by atoms with E-state index in [0.717, 1.165) is 49.4 Å². The van der Waals surface area contributed by atoms with E-state index in [9.17, 15) is 13.2 Å². The minimum atomic E-state index is -4.14. The molecule has 2 aromatic rings. The third-order valence-corrected chi connectivity index (χ3v) is 12.0. The van der Waals surface area contributed by atoms with Crippen molar-refractivity contribution in [3.8, 4) is 5.75 Å². The van der Waals surface area contributed by atoms with Gasteiger partial charge in [-0.2, -0.15) is 0 Å². The molecule has 1 spiro atoms. The fourth-order valence-corrected chi connectivity index (χ4v) is 8.58. The maximum atomic E-state index is 13.6. The van der Waals surface area contributed by atoms with E-state index < -0.39 is 21.5 Å². The van der Waals surface area contributed by atoms with Crippen LogP contribution in [0, 0.1) is 11.8 Å². The summed E-state index contributed by atoms with van der Waals surface area (Å²) in [5.41, 5.74) is 1.93. The highest BCUT2D eigenvalue weighted by molar-refractivity contribution is 7.90. The fourth-order valence-electron chi connectivity index (χ4n) is 7.25. The van der Waals surface area contributed by atoms with E-state index >= 15 is 0 Å². The number of methoxy groups -OCH3 is 1. The number of benzene rings is 2. The Morgan fingerprint density at radius 3 is 2.70 bits per heavy atom. The van der Waals surface area contributed by atoms with Gasteiger partial charge in [0.25, 0.3) is 15.9 Å². The van der Waals surface area contributed by atoms with Crippen molar-refractivity contribution in [2.45, 2.75) is 67.9 Å². The number of ether oxygens (including phenoxy) is 2. The van der Waals surface area contributed by atoms with Crippen LogP contribution < -0.4 is 14.4 Å². The number of carbonyl (C=O) groups excluding carboxylic acids is 1. The minimum absolute atomic E-state index is 0.0436. The first kappa shape index (κ1) is 30.4. The van der Waals surface area contributed by atoms with Gasteiger partial charge in [0.2, 0.25) is 0 Å². The molecule has 0 radical (unpaired) electrons. The largest absolute Gasteiger partial charge is 0.490 e. The zero-order valence-corrected chi connectivity index (χ0v) is 27.0. The molecular weight excluding hydrogens is 586 g/mol. The second-order valence-corrected chi connectivity index (χ2v) is 15.4. The smallest absolute Gasteiger partial charge is 0.264 e. The monoisotopic (exact) mass is 627 g/mol. The summed E-state index contributed by atoms with van der Waals surface area (Å²) in [5, 5.41) is 0.737. The van der Waals surface area contributed by atoms with Crippen LogP contribution in [0.15, 0.2) is 53.4 Å². The molecule has 4 atom stereocenters. The molecular formula is C33H42ClN3O5S. The lowest BCUT2D eigenvalue weighted by Crippen LogP contribution is -2.54. The topological polar surface area (TPSA) is 88.2 Å². The van der Waals surface area contributed by atoms with Crippen LogP contribution in [0.25, 0.3) is 0 Å². The first-order valence-electron chi connectivity index (χ1n) is 15.2. The van der Waals surface area contributed by atoms with Crippen LogP contribution in [-0.4, -0.2) is 71.3 Å². The van der Waals surface area contributed by atoms with E-state index in [1.807, 2.05) is 24.1 Å². The minimum Gasteiger partial charge on any atom is -0.490 e. The van der Waals surface area contributed by atoms with Gasteiger partial charge in [0.15, 0.2) is 0 Å². The molecule has 8 nitrogen and oxygen atoms in total. The van der Waals surface area contributed by atoms with Gasteiger partial charge in [-0.25, -0.2) is 13.1 Å². The standard InChI is InChI=1S/C33H42ClN3O5S/c1-32(2)31(38)35-43(39,40)25-11-14-30-28(18-25)37(19-23-9-12-26(23)29(41-4)8-6-16-36(32)3)20-33(21-42-30)15-5-7-22-17-24(34)10-13-27(22)33/h6,8,10-11,13-14,17-18,23,26,29H,5,7,9,12,15-16,19-21H2,1-4H3,(H,35,38)/b8-6+/t23-,26+,29+,33-/m0/s1. The number of hydrogen-bond donors (Lipinski definition) is 1. The molecule has 1 amide bonds. The fraction of sp³-hybridized carbons (Fsp3) is 0.545. The number of rotatable bonds is 1. The summed E-state index contributed by atoms with van der Waals surface area (Å²) in [5.74, 6) is 0.775. The lowest BCUT2D eigenvalue weighted by atomic mass is 9.68. The zero-order chi connectivity index (χ0) is 30.6. The molecule has 2 heterocycles. The summed E-state index contributed by atoms with van der Waals surface area (Å²) in [6, 6.07) is 11.1. The van der Waals surface area contributed by atoms with Crippen LogP contribution in [0.3, 0.4) is 0 Å². The Morgan fingerprint density at radius 1 is 1.14 bits per heavy atom. The Hall–Kier alpha value is -2.59. The number of aryl methyl sites for hydroxylation is 1. The van der Waals surface area contributed by atoms with Crippen molar-refractivity contribution < 1.29 is 22.7 Å². The summed E-state index contributed by atoms with van der Waals surface area (Å²) in [6.07, 6.45) is 9.19. The lowest BCUT2D eigenvalue weighted by molar-refractivity contribution is -0.128. The molecule has 43 heavy (non-hydrogen) atoms. The molecule has 0 saturated heterocycles.